The average molecular weight is 370 g/mol. The number of nitrogens with zero attached hydrogens (tertiary/aromatic N) is 2. The fourth-order valence-corrected chi connectivity index (χ4v) is 3.47. The van der Waals surface area contributed by atoms with E-state index in [2.05, 4.69) is 4.98 Å². The van der Waals surface area contributed by atoms with Crippen LogP contribution >= 0.6 is 11.3 Å². The van der Waals surface area contributed by atoms with Gasteiger partial charge in [0.1, 0.15) is 5.82 Å². The first-order chi connectivity index (χ1) is 10.5. The van der Waals surface area contributed by atoms with Crippen LogP contribution in [0.15, 0.2) is 34.0 Å². The molecule has 0 saturated heterocycles. The van der Waals surface area contributed by atoms with Crippen molar-refractivity contribution in [3.63, 3.8) is 0 Å². The highest BCUT2D eigenvalue weighted by molar-refractivity contribution is 7.93. The van der Waals surface area contributed by atoms with Crippen molar-refractivity contribution in [2.75, 3.05) is 4.31 Å². The van der Waals surface area contributed by atoms with Gasteiger partial charge in [-0.25, -0.2) is 22.6 Å². The number of sulfonamides is 1. The second-order valence-corrected chi connectivity index (χ2v) is 6.54. The van der Waals surface area contributed by atoms with E-state index in [0.717, 1.165) is 22.2 Å². The zero-order chi connectivity index (χ0) is 17.4. The quantitative estimate of drug-likeness (QED) is 0.839. The van der Waals surface area contributed by atoms with Crippen molar-refractivity contribution in [3.8, 4) is 0 Å². The summed E-state index contributed by atoms with van der Waals surface area (Å²) in [6.07, 6.45) is -7.10. The molecule has 0 aliphatic heterocycles. The number of carbonyl (C=O) groups is 1. The fraction of sp³-hybridized carbons (Fsp3) is 0.0909. The molecule has 0 aliphatic rings. The molecule has 0 unspecified atom stereocenters. The third-order valence-electron chi connectivity index (χ3n) is 2.58. The van der Waals surface area contributed by atoms with Crippen LogP contribution in [-0.4, -0.2) is 24.6 Å². The molecular weight excluding hydrogens is 364 g/mol. The monoisotopic (exact) mass is 370 g/mol. The second kappa shape index (κ2) is 5.77. The third kappa shape index (κ3) is 3.27. The molecule has 1 heterocycles. The number of hydrogen-bond acceptors (Lipinski definition) is 5. The number of halogens is 4. The minimum absolute atomic E-state index is 0.0347. The van der Waals surface area contributed by atoms with Crippen molar-refractivity contribution < 1.29 is 35.9 Å². The van der Waals surface area contributed by atoms with Gasteiger partial charge in [0.05, 0.1) is 16.0 Å². The largest absolute Gasteiger partial charge is 0.464 e. The van der Waals surface area contributed by atoms with E-state index in [1.165, 1.54) is 0 Å². The van der Waals surface area contributed by atoms with E-state index < -0.39 is 44.4 Å². The maximum Gasteiger partial charge on any atom is 0.427 e. The van der Waals surface area contributed by atoms with Crippen LogP contribution < -0.4 is 4.31 Å². The molecule has 6 nitrogen and oxygen atoms in total. The Morgan fingerprint density at radius 1 is 1.30 bits per heavy atom. The first-order valence-electron chi connectivity index (χ1n) is 5.58. The number of anilines is 1. The minimum atomic E-state index is -5.13. The lowest BCUT2D eigenvalue weighted by atomic mass is 10.2. The lowest BCUT2D eigenvalue weighted by Gasteiger charge is -2.17. The standard InChI is InChI=1S/C11H6F4N2O4S2/c12-8-2-1-6(3-7(8)11(13,14)15)23(20,21)17(10(18)19)9-4-22-5-16-9/h1-5H,(H,18,19). The Bertz CT molecular complexity index is 834. The van der Waals surface area contributed by atoms with Gasteiger partial charge in [0.25, 0.3) is 10.0 Å². The van der Waals surface area contributed by atoms with Crippen LogP contribution in [-0.2, 0) is 16.2 Å². The van der Waals surface area contributed by atoms with Gasteiger partial charge < -0.3 is 5.11 Å². The number of carboxylic acid groups (broad SMARTS) is 1. The Morgan fingerprint density at radius 3 is 2.43 bits per heavy atom. The highest BCUT2D eigenvalue weighted by Gasteiger charge is 2.38. The van der Waals surface area contributed by atoms with Crippen LogP contribution in [0.2, 0.25) is 0 Å². The summed E-state index contributed by atoms with van der Waals surface area (Å²) in [4.78, 5) is 13.7. The molecule has 0 aliphatic carbocycles. The molecule has 1 aromatic heterocycles. The van der Waals surface area contributed by atoms with Crippen LogP contribution in [0.5, 0.6) is 0 Å². The number of hydrogen-bond donors (Lipinski definition) is 1. The molecule has 2 rings (SSSR count). The van der Waals surface area contributed by atoms with Crippen molar-refractivity contribution >= 4 is 33.3 Å². The molecule has 1 amide bonds. The van der Waals surface area contributed by atoms with E-state index in [1.54, 1.807) is 0 Å². The van der Waals surface area contributed by atoms with E-state index in [4.69, 9.17) is 5.11 Å². The first kappa shape index (κ1) is 17.1. The Hall–Kier alpha value is -2.21. The van der Waals surface area contributed by atoms with Crippen molar-refractivity contribution in [1.82, 2.24) is 4.98 Å². The Morgan fingerprint density at radius 2 is 1.96 bits per heavy atom. The number of alkyl halides is 3. The molecule has 23 heavy (non-hydrogen) atoms. The summed E-state index contributed by atoms with van der Waals surface area (Å²) in [5.41, 5.74) is -0.672. The molecular formula is C11H6F4N2O4S2. The molecule has 2 aromatic rings. The van der Waals surface area contributed by atoms with Gasteiger partial charge in [-0.15, -0.1) is 15.6 Å². The number of benzene rings is 1. The number of thiazole rings is 1. The Labute approximate surface area is 130 Å². The van der Waals surface area contributed by atoms with Crippen LogP contribution in [0, 0.1) is 5.82 Å². The second-order valence-electron chi connectivity index (χ2n) is 4.04. The summed E-state index contributed by atoms with van der Waals surface area (Å²) in [6.45, 7) is 0. The molecule has 0 bridgehead atoms. The summed E-state index contributed by atoms with van der Waals surface area (Å²) in [7, 11) is -4.91. The minimum Gasteiger partial charge on any atom is -0.464 e. The van der Waals surface area contributed by atoms with E-state index in [9.17, 15) is 30.8 Å². The van der Waals surface area contributed by atoms with Gasteiger partial charge in [0, 0.05) is 5.38 Å². The maximum atomic E-state index is 13.2. The molecule has 1 aromatic carbocycles. The van der Waals surface area contributed by atoms with Crippen molar-refractivity contribution in [2.45, 2.75) is 11.1 Å². The zero-order valence-electron chi connectivity index (χ0n) is 10.8. The molecule has 0 spiro atoms. The number of aromatic nitrogens is 1. The molecule has 0 radical (unpaired) electrons. The molecule has 12 heteroatoms. The van der Waals surface area contributed by atoms with Gasteiger partial charge in [0.2, 0.25) is 0 Å². The predicted octanol–water partition coefficient (Wildman–Crippen LogP) is 3.17. The van der Waals surface area contributed by atoms with Gasteiger partial charge in [-0.2, -0.15) is 13.2 Å². The van der Waals surface area contributed by atoms with Gasteiger partial charge in [-0.05, 0) is 18.2 Å². The van der Waals surface area contributed by atoms with Crippen LogP contribution in [0.3, 0.4) is 0 Å². The predicted molar refractivity (Wildman–Crippen MR) is 71.2 cm³/mol. The summed E-state index contributed by atoms with van der Waals surface area (Å²) < 4.78 is 75.6. The molecule has 0 fully saturated rings. The highest BCUT2D eigenvalue weighted by Crippen LogP contribution is 2.34. The summed E-state index contributed by atoms with van der Waals surface area (Å²) in [5, 5.41) is 10.1. The van der Waals surface area contributed by atoms with Gasteiger partial charge in [0.15, 0.2) is 5.82 Å². The third-order valence-corrected chi connectivity index (χ3v) is 4.83. The van der Waals surface area contributed by atoms with Gasteiger partial charge >= 0.3 is 12.3 Å². The van der Waals surface area contributed by atoms with Crippen LogP contribution in [0.4, 0.5) is 28.2 Å². The van der Waals surface area contributed by atoms with Gasteiger partial charge in [-0.1, -0.05) is 0 Å². The smallest absolute Gasteiger partial charge is 0.427 e. The lowest BCUT2D eigenvalue weighted by molar-refractivity contribution is -0.140. The zero-order valence-corrected chi connectivity index (χ0v) is 12.4. The van der Waals surface area contributed by atoms with Crippen molar-refractivity contribution in [3.05, 3.63) is 40.5 Å². The first-order valence-corrected chi connectivity index (χ1v) is 7.96. The lowest BCUT2D eigenvalue weighted by Crippen LogP contribution is -2.36. The van der Waals surface area contributed by atoms with E-state index in [0.29, 0.717) is 12.1 Å². The summed E-state index contributed by atoms with van der Waals surface area (Å²) in [6, 6.07) is 0.881. The normalized spacial score (nSPS) is 12.2. The van der Waals surface area contributed by atoms with Crippen LogP contribution in [0.25, 0.3) is 0 Å². The number of rotatable bonds is 3. The Balaban J connectivity index is 2.62. The van der Waals surface area contributed by atoms with Crippen LogP contribution in [0.1, 0.15) is 5.56 Å². The van der Waals surface area contributed by atoms with Crippen molar-refractivity contribution in [1.29, 1.82) is 0 Å². The van der Waals surface area contributed by atoms with E-state index in [1.807, 2.05) is 0 Å². The summed E-state index contributed by atoms with van der Waals surface area (Å²) in [5.74, 6) is -2.17. The molecule has 124 valence electrons. The highest BCUT2D eigenvalue weighted by atomic mass is 32.2. The SMILES string of the molecule is O=C(O)N(c1cscn1)S(=O)(=O)c1ccc(F)c(C(F)(F)F)c1. The number of amides is 1. The maximum absolute atomic E-state index is 13.2. The molecule has 0 saturated carbocycles. The Kier molecular flexibility index (Phi) is 4.30. The van der Waals surface area contributed by atoms with E-state index >= 15 is 0 Å². The topological polar surface area (TPSA) is 87.6 Å². The molecule has 1 N–H and O–H groups in total. The average Bonchev–Trinajstić information content (AvgIpc) is 2.90. The fourth-order valence-electron chi connectivity index (χ4n) is 1.62. The van der Waals surface area contributed by atoms with Crippen molar-refractivity contribution in [2.24, 2.45) is 0 Å². The van der Waals surface area contributed by atoms with E-state index in [-0.39, 0.29) is 10.4 Å². The summed E-state index contributed by atoms with van der Waals surface area (Å²) >= 11 is 0.886. The molecule has 0 atom stereocenters. The van der Waals surface area contributed by atoms with Gasteiger partial charge in [-0.3, -0.25) is 0 Å².